The Labute approximate surface area is 250 Å². The zero-order valence-electron chi connectivity index (χ0n) is 21.8. The van der Waals surface area contributed by atoms with E-state index in [2.05, 4.69) is 30.9 Å². The molecule has 4 N–H and O–H groups in total. The molecule has 1 saturated carbocycles. The second-order valence-corrected chi connectivity index (χ2v) is 10.3. The van der Waals surface area contributed by atoms with E-state index in [1.807, 2.05) is 0 Å². The van der Waals surface area contributed by atoms with Crippen molar-refractivity contribution < 1.29 is 36.3 Å². The third kappa shape index (κ3) is 7.25. The summed E-state index contributed by atoms with van der Waals surface area (Å²) < 4.78 is 69.5. The Morgan fingerprint density at radius 2 is 1.79 bits per heavy atom. The van der Waals surface area contributed by atoms with Gasteiger partial charge >= 0.3 is 6.18 Å². The molecule has 0 radical (unpaired) electrons. The van der Waals surface area contributed by atoms with Crippen molar-refractivity contribution in [3.8, 4) is 5.88 Å². The van der Waals surface area contributed by atoms with E-state index in [0.717, 1.165) is 37.1 Å². The molecule has 0 bridgehead atoms. The van der Waals surface area contributed by atoms with Gasteiger partial charge in [0.2, 0.25) is 17.7 Å². The fraction of sp³-hybridized carbons (Fsp3) is 0.259. The summed E-state index contributed by atoms with van der Waals surface area (Å²) in [7, 11) is 0. The fourth-order valence-corrected chi connectivity index (χ4v) is 4.51. The van der Waals surface area contributed by atoms with Crippen molar-refractivity contribution in [2.24, 2.45) is 5.92 Å². The molecule has 2 aromatic heterocycles. The normalized spacial score (nSPS) is 13.3. The minimum Gasteiger partial charge on any atom is -0.471 e. The van der Waals surface area contributed by atoms with E-state index < -0.39 is 36.6 Å². The summed E-state index contributed by atoms with van der Waals surface area (Å²) in [5.74, 6) is -1.32. The smallest absolute Gasteiger partial charge is 0.416 e. The maximum atomic E-state index is 13.0. The van der Waals surface area contributed by atoms with E-state index in [0.29, 0.717) is 5.56 Å². The molecule has 226 valence electrons. The van der Waals surface area contributed by atoms with Gasteiger partial charge in [0.25, 0.3) is 12.3 Å². The van der Waals surface area contributed by atoms with Crippen molar-refractivity contribution in [2.45, 2.75) is 32.0 Å². The Morgan fingerprint density at radius 3 is 2.44 bits per heavy atom. The van der Waals surface area contributed by atoms with E-state index >= 15 is 0 Å². The van der Waals surface area contributed by atoms with Gasteiger partial charge in [-0.2, -0.15) is 23.1 Å². The Bertz CT molecular complexity index is 1680. The summed E-state index contributed by atoms with van der Waals surface area (Å²) in [4.78, 5) is 36.3. The maximum Gasteiger partial charge on any atom is 0.416 e. The number of aromatic amines is 1. The lowest BCUT2D eigenvalue weighted by Gasteiger charge is -2.13. The molecule has 0 atom stereocenters. The lowest BCUT2D eigenvalue weighted by atomic mass is 10.2. The maximum absolute atomic E-state index is 13.0. The number of carbonyl (C=O) groups excluding carboxylic acids is 2. The quantitative estimate of drug-likeness (QED) is 0.139. The second-order valence-electron chi connectivity index (χ2n) is 9.54. The average Bonchev–Trinajstić information content (AvgIpc) is 3.73. The van der Waals surface area contributed by atoms with Crippen LogP contribution >= 0.6 is 23.2 Å². The molecule has 9 nitrogen and oxygen atoms in total. The van der Waals surface area contributed by atoms with Gasteiger partial charge in [0.1, 0.15) is 5.56 Å². The predicted octanol–water partition coefficient (Wildman–Crippen LogP) is 6.95. The Hall–Kier alpha value is -4.17. The van der Waals surface area contributed by atoms with Crippen LogP contribution in [0.2, 0.25) is 10.0 Å². The van der Waals surface area contributed by atoms with Gasteiger partial charge in [-0.1, -0.05) is 29.3 Å². The number of fused-ring (bicyclic) bond motifs is 1. The van der Waals surface area contributed by atoms with Gasteiger partial charge in [0.15, 0.2) is 12.3 Å². The second kappa shape index (κ2) is 12.2. The van der Waals surface area contributed by atoms with Crippen LogP contribution in [-0.2, 0) is 17.5 Å². The highest BCUT2D eigenvalue weighted by Crippen LogP contribution is 2.36. The van der Waals surface area contributed by atoms with Gasteiger partial charge in [-0.25, -0.2) is 8.78 Å². The summed E-state index contributed by atoms with van der Waals surface area (Å²) in [5, 5.41) is 8.60. The lowest BCUT2D eigenvalue weighted by Crippen LogP contribution is -2.24. The number of ether oxygens (including phenoxy) is 1. The lowest BCUT2D eigenvalue weighted by molar-refractivity contribution is -0.137. The van der Waals surface area contributed by atoms with Gasteiger partial charge in [0.05, 0.1) is 26.8 Å². The number of carbonyl (C=O) groups is 2. The van der Waals surface area contributed by atoms with Crippen molar-refractivity contribution >= 4 is 63.5 Å². The number of hydrogen-bond acceptors (Lipinski definition) is 6. The summed E-state index contributed by atoms with van der Waals surface area (Å²) in [5.41, 5.74) is -0.171. The average molecular weight is 643 g/mol. The molecular formula is C27H21Cl2F5N6O3. The Kier molecular flexibility index (Phi) is 8.60. The first-order chi connectivity index (χ1) is 20.4. The van der Waals surface area contributed by atoms with E-state index in [4.69, 9.17) is 27.9 Å². The molecule has 43 heavy (non-hydrogen) atoms. The minimum absolute atomic E-state index is 0.0158. The molecular weight excluding hydrogens is 622 g/mol. The zero-order valence-corrected chi connectivity index (χ0v) is 23.3. The van der Waals surface area contributed by atoms with E-state index in [9.17, 15) is 31.5 Å². The van der Waals surface area contributed by atoms with Crippen LogP contribution in [0.15, 0.2) is 42.5 Å². The monoisotopic (exact) mass is 642 g/mol. The number of nitrogens with zero attached hydrogens (tertiary/aromatic N) is 2. The van der Waals surface area contributed by atoms with Crippen molar-refractivity contribution in [2.75, 3.05) is 17.2 Å². The van der Waals surface area contributed by atoms with Crippen LogP contribution in [-0.4, -0.2) is 39.8 Å². The number of halogens is 7. The van der Waals surface area contributed by atoms with Crippen molar-refractivity contribution in [1.82, 2.24) is 20.3 Å². The van der Waals surface area contributed by atoms with Crippen LogP contribution < -0.4 is 20.7 Å². The van der Waals surface area contributed by atoms with Gasteiger partial charge in [-0.3, -0.25) is 9.59 Å². The van der Waals surface area contributed by atoms with Gasteiger partial charge in [-0.15, -0.1) is 0 Å². The number of pyridine rings is 1. The summed E-state index contributed by atoms with van der Waals surface area (Å²) in [6, 6.07) is 8.14. The molecule has 0 spiro atoms. The number of nitrogens with one attached hydrogen (secondary N) is 4. The number of alkyl halides is 5. The standard InChI is InChI=1S/C27H21Cl2F5N6O3/c28-17-8-3-13(10-35-23(41)12-1-2-12)20(29)21(17)38-26-37-18-9-16(25(39-22(18)40-26)43-11-19(30)31)24(42)36-15-6-4-14(5-7-15)27(32,33)34/h3-9,12,19H,1-2,10-11H2,(H,35,41)(H,36,42)(H2,37,38,39,40). The minimum atomic E-state index is -4.57. The number of H-pyrrole nitrogens is 1. The Balaban J connectivity index is 1.40. The van der Waals surface area contributed by atoms with Crippen LogP contribution in [0.25, 0.3) is 11.2 Å². The van der Waals surface area contributed by atoms with Crippen LogP contribution in [0.5, 0.6) is 5.88 Å². The molecule has 2 heterocycles. The van der Waals surface area contributed by atoms with Crippen molar-refractivity contribution in [1.29, 1.82) is 0 Å². The van der Waals surface area contributed by atoms with Gasteiger partial charge in [0, 0.05) is 18.2 Å². The third-order valence-corrected chi connectivity index (χ3v) is 7.06. The highest BCUT2D eigenvalue weighted by molar-refractivity contribution is 6.39. The van der Waals surface area contributed by atoms with Crippen LogP contribution in [0, 0.1) is 5.92 Å². The van der Waals surface area contributed by atoms with Crippen LogP contribution in [0.4, 0.5) is 39.3 Å². The number of imidazole rings is 1. The molecule has 2 amide bonds. The highest BCUT2D eigenvalue weighted by Gasteiger charge is 2.31. The van der Waals surface area contributed by atoms with Gasteiger partial charge < -0.3 is 25.7 Å². The van der Waals surface area contributed by atoms with E-state index in [-0.39, 0.29) is 62.5 Å². The zero-order chi connectivity index (χ0) is 30.9. The predicted molar refractivity (Wildman–Crippen MR) is 149 cm³/mol. The van der Waals surface area contributed by atoms with E-state index in [1.54, 1.807) is 12.1 Å². The van der Waals surface area contributed by atoms with Crippen molar-refractivity contribution in [3.05, 3.63) is 69.2 Å². The Morgan fingerprint density at radius 1 is 1.07 bits per heavy atom. The highest BCUT2D eigenvalue weighted by atomic mass is 35.5. The molecule has 1 aliphatic rings. The summed E-state index contributed by atoms with van der Waals surface area (Å²) >= 11 is 12.9. The topological polar surface area (TPSA) is 121 Å². The molecule has 2 aromatic carbocycles. The first-order valence-electron chi connectivity index (χ1n) is 12.7. The molecule has 4 aromatic rings. The van der Waals surface area contributed by atoms with Crippen LogP contribution in [0.1, 0.15) is 34.3 Å². The number of rotatable bonds is 10. The summed E-state index contributed by atoms with van der Waals surface area (Å²) in [6.07, 6.45) is -5.76. The van der Waals surface area contributed by atoms with E-state index in [1.165, 1.54) is 6.07 Å². The number of hydrogen-bond donors (Lipinski definition) is 4. The molecule has 5 rings (SSSR count). The molecule has 0 unspecified atom stereocenters. The first-order valence-corrected chi connectivity index (χ1v) is 13.5. The fourth-order valence-electron chi connectivity index (χ4n) is 3.98. The number of anilines is 3. The molecule has 1 fully saturated rings. The number of aromatic nitrogens is 3. The molecule has 0 saturated heterocycles. The van der Waals surface area contributed by atoms with Gasteiger partial charge in [-0.05, 0) is 54.8 Å². The molecule has 1 aliphatic carbocycles. The summed E-state index contributed by atoms with van der Waals surface area (Å²) in [6.45, 7) is -0.909. The van der Waals surface area contributed by atoms with Crippen molar-refractivity contribution in [3.63, 3.8) is 0 Å². The molecule has 16 heteroatoms. The number of benzene rings is 2. The third-order valence-electron chi connectivity index (χ3n) is 6.31. The largest absolute Gasteiger partial charge is 0.471 e. The number of amides is 2. The first kappa shape index (κ1) is 30.3. The molecule has 0 aliphatic heterocycles. The van der Waals surface area contributed by atoms with Crippen LogP contribution in [0.3, 0.4) is 0 Å². The SMILES string of the molecule is O=C(Nc1ccc(C(F)(F)F)cc1)c1cc2[nH]c(Nc3c(Cl)ccc(CNC(=O)C4CC4)c3Cl)nc2nc1OCC(F)F.